The van der Waals surface area contributed by atoms with E-state index in [1.807, 2.05) is 0 Å². The standard InChI is InChI=1S/Fe.5P. The molecular weight excluding hydrogens is 211 g/mol. The zero-order valence-corrected chi connectivity index (χ0v) is 8.17. The summed E-state index contributed by atoms with van der Waals surface area (Å²) in [5.41, 5.74) is 0. The Morgan fingerprint density at radius 3 is 0.333 bits per heavy atom. The third kappa shape index (κ3) is 30.1. The summed E-state index contributed by atoms with van der Waals surface area (Å²) in [5, 5.41) is 0. The minimum atomic E-state index is 0. The average molecular weight is 211 g/mol. The quantitative estimate of drug-likeness (QED) is 0.413. The van der Waals surface area contributed by atoms with Crippen LogP contribution in [0.1, 0.15) is 0 Å². The van der Waals surface area contributed by atoms with E-state index < -0.39 is 0 Å². The second-order valence-electron chi connectivity index (χ2n) is 0. The fourth-order valence-corrected chi connectivity index (χ4v) is 0. The largest absolute Gasteiger partial charge is 0 e. The zero-order chi connectivity index (χ0) is 0. The van der Waals surface area contributed by atoms with E-state index in [-0.39, 0.29) is 66.6 Å². The number of hydrogen-bond donors (Lipinski definition) is 0. The summed E-state index contributed by atoms with van der Waals surface area (Å²) in [6.45, 7) is 0. The van der Waals surface area contributed by atoms with Crippen molar-refractivity contribution in [1.82, 2.24) is 0 Å². The fourth-order valence-electron chi connectivity index (χ4n) is 0. The van der Waals surface area contributed by atoms with Gasteiger partial charge in [0.2, 0.25) is 0 Å². The molecule has 6 heavy (non-hydrogen) atoms. The predicted molar refractivity (Wildman–Crippen MR) is 34.6 cm³/mol. The van der Waals surface area contributed by atoms with Gasteiger partial charge in [-0.25, -0.2) is 0 Å². The second kappa shape index (κ2) is 47.9. The SMILES string of the molecule is [Fe].[P].[P].[P].[P].[P]. The van der Waals surface area contributed by atoms with Gasteiger partial charge in [0.25, 0.3) is 0 Å². The molecule has 0 aliphatic heterocycles. The molecule has 0 aliphatic rings. The molecular formula is FeP5. The van der Waals surface area contributed by atoms with Gasteiger partial charge in [-0.15, -0.1) is 0 Å². The van der Waals surface area contributed by atoms with E-state index >= 15 is 0 Å². The Bertz CT molecular complexity index is 3.90. The number of hydrogen-bond acceptors (Lipinski definition) is 0. The van der Waals surface area contributed by atoms with E-state index in [0.717, 1.165) is 0 Å². The maximum Gasteiger partial charge on any atom is 0 e. The first-order chi connectivity index (χ1) is 0. The Labute approximate surface area is 66.7 Å². The van der Waals surface area contributed by atoms with Gasteiger partial charge >= 0.3 is 0 Å². The Kier molecular flexibility index (Phi) is 571. The van der Waals surface area contributed by atoms with Crippen LogP contribution in [0.3, 0.4) is 0 Å². The van der Waals surface area contributed by atoms with Gasteiger partial charge in [0.1, 0.15) is 0 Å². The van der Waals surface area contributed by atoms with E-state index in [0.29, 0.717) is 0 Å². The van der Waals surface area contributed by atoms with E-state index in [4.69, 9.17) is 0 Å². The molecule has 0 N–H and O–H groups in total. The van der Waals surface area contributed by atoms with Crippen LogP contribution in [-0.2, 0) is 17.1 Å². The molecule has 0 spiro atoms. The van der Waals surface area contributed by atoms with Crippen LogP contribution < -0.4 is 0 Å². The molecule has 0 unspecified atom stereocenters. The van der Waals surface area contributed by atoms with Gasteiger partial charge in [0, 0.05) is 66.6 Å². The van der Waals surface area contributed by atoms with Crippen molar-refractivity contribution in [2.24, 2.45) is 0 Å². The first-order valence-electron chi connectivity index (χ1n) is 0. The summed E-state index contributed by atoms with van der Waals surface area (Å²) in [6.07, 6.45) is 0. The molecule has 0 aromatic heterocycles. The Balaban J connectivity index is 0. The molecule has 0 rings (SSSR count). The third-order valence-electron chi connectivity index (χ3n) is 0. The molecule has 0 saturated heterocycles. The van der Waals surface area contributed by atoms with Gasteiger partial charge in [-0.1, -0.05) is 0 Å². The summed E-state index contributed by atoms with van der Waals surface area (Å²) < 4.78 is 0. The summed E-state index contributed by atoms with van der Waals surface area (Å²) in [4.78, 5) is 0. The molecule has 0 bridgehead atoms. The maximum absolute atomic E-state index is 0. The monoisotopic (exact) mass is 211 g/mol. The predicted octanol–water partition coefficient (Wildman–Crippen LogP) is 4.30. The summed E-state index contributed by atoms with van der Waals surface area (Å²) in [6, 6.07) is 0. The van der Waals surface area contributed by atoms with Crippen molar-refractivity contribution in [3.8, 4) is 0 Å². The van der Waals surface area contributed by atoms with E-state index in [9.17, 15) is 0 Å². The molecule has 0 saturated carbocycles. The van der Waals surface area contributed by atoms with Crippen LogP contribution in [0.2, 0.25) is 0 Å². The van der Waals surface area contributed by atoms with Crippen molar-refractivity contribution in [2.45, 2.75) is 0 Å². The first-order valence-corrected chi connectivity index (χ1v) is 0. The van der Waals surface area contributed by atoms with E-state index in [1.165, 1.54) is 0 Å². The molecule has 6 heteroatoms. The minimum absolute atomic E-state index is 0. The molecule has 33 valence electrons. The van der Waals surface area contributed by atoms with E-state index in [1.54, 1.807) is 0 Å². The number of rotatable bonds is 0. The van der Waals surface area contributed by atoms with Gasteiger partial charge in [-0.05, 0) is 0 Å². The summed E-state index contributed by atoms with van der Waals surface area (Å²) >= 11 is 0. The zero-order valence-electron chi connectivity index (χ0n) is 2.59. The van der Waals surface area contributed by atoms with Gasteiger partial charge in [-0.3, -0.25) is 0 Å². The van der Waals surface area contributed by atoms with Gasteiger partial charge in [0.15, 0.2) is 0 Å². The van der Waals surface area contributed by atoms with Crippen molar-refractivity contribution in [2.75, 3.05) is 0 Å². The maximum atomic E-state index is 0. The molecule has 0 fully saturated rings. The van der Waals surface area contributed by atoms with Crippen molar-refractivity contribution in [1.29, 1.82) is 0 Å². The normalized spacial score (nSPS) is 0. The van der Waals surface area contributed by atoms with Crippen LogP contribution in [0.5, 0.6) is 0 Å². The summed E-state index contributed by atoms with van der Waals surface area (Å²) in [5.74, 6) is 0. The molecule has 0 atom stereocenters. The van der Waals surface area contributed by atoms with Gasteiger partial charge < -0.3 is 0 Å². The van der Waals surface area contributed by atoms with Crippen LogP contribution in [0.4, 0.5) is 0 Å². The molecule has 0 amide bonds. The summed E-state index contributed by atoms with van der Waals surface area (Å²) in [7, 11) is 0. The molecule has 0 aliphatic carbocycles. The topological polar surface area (TPSA) is 0 Å². The van der Waals surface area contributed by atoms with Crippen molar-refractivity contribution < 1.29 is 17.1 Å². The molecule has 15 radical (unpaired) electrons. The average Bonchev–Trinajstić information content (AvgIpc) is 0. The molecule has 0 heterocycles. The van der Waals surface area contributed by atoms with E-state index in [2.05, 4.69) is 0 Å². The van der Waals surface area contributed by atoms with Crippen LogP contribution in [0.15, 0.2) is 0 Å². The molecule has 0 aromatic carbocycles. The van der Waals surface area contributed by atoms with Crippen molar-refractivity contribution >= 4 is 49.5 Å². The van der Waals surface area contributed by atoms with Crippen LogP contribution in [0, 0.1) is 0 Å². The Morgan fingerprint density at radius 2 is 0.333 bits per heavy atom. The first kappa shape index (κ1) is 71.6. The van der Waals surface area contributed by atoms with Crippen LogP contribution in [-0.4, -0.2) is 0 Å². The third-order valence-corrected chi connectivity index (χ3v) is 0. The van der Waals surface area contributed by atoms with Crippen molar-refractivity contribution in [3.63, 3.8) is 0 Å². The fraction of sp³-hybridized carbons (Fsp3) is 0. The van der Waals surface area contributed by atoms with Crippen molar-refractivity contribution in [3.05, 3.63) is 0 Å². The minimum Gasteiger partial charge on any atom is 0 e. The van der Waals surface area contributed by atoms with Gasteiger partial charge in [0.05, 0.1) is 0 Å². The smallest absolute Gasteiger partial charge is 0 e. The van der Waals surface area contributed by atoms with Crippen LogP contribution in [0.25, 0.3) is 0 Å². The van der Waals surface area contributed by atoms with Crippen LogP contribution >= 0.6 is 49.5 Å². The Hall–Kier alpha value is 2.67. The van der Waals surface area contributed by atoms with Gasteiger partial charge in [-0.2, -0.15) is 0 Å². The second-order valence-corrected chi connectivity index (χ2v) is 0. The Morgan fingerprint density at radius 1 is 0.333 bits per heavy atom. The molecule has 0 aromatic rings. The molecule has 0 nitrogen and oxygen atoms in total.